The first-order chi connectivity index (χ1) is 16.4. The third kappa shape index (κ3) is 4.77. The van der Waals surface area contributed by atoms with Crippen molar-refractivity contribution in [1.29, 1.82) is 0 Å². The van der Waals surface area contributed by atoms with Crippen LogP contribution in [-0.4, -0.2) is 67.4 Å². The minimum Gasteiger partial charge on any atom is -0.481 e. The van der Waals surface area contributed by atoms with Crippen LogP contribution in [0.1, 0.15) is 30.4 Å². The molecule has 1 fully saturated rings. The lowest BCUT2D eigenvalue weighted by Crippen LogP contribution is -2.54. The number of hydrogen-bond donors (Lipinski definition) is 2. The van der Waals surface area contributed by atoms with Gasteiger partial charge in [-0.1, -0.05) is 55.5 Å². The Morgan fingerprint density at radius 2 is 1.71 bits per heavy atom. The molecule has 1 heterocycles. The second-order valence-electron chi connectivity index (χ2n) is 8.97. The molecule has 34 heavy (non-hydrogen) atoms. The van der Waals surface area contributed by atoms with Gasteiger partial charge in [0.1, 0.15) is 12.6 Å². The number of amides is 2. The van der Waals surface area contributed by atoms with E-state index < -0.39 is 24.0 Å². The van der Waals surface area contributed by atoms with Crippen molar-refractivity contribution >= 4 is 18.0 Å². The molecule has 2 amide bonds. The van der Waals surface area contributed by atoms with Crippen LogP contribution in [0.2, 0.25) is 0 Å². The van der Waals surface area contributed by atoms with Crippen LogP contribution in [0.5, 0.6) is 0 Å². The van der Waals surface area contributed by atoms with Crippen molar-refractivity contribution in [1.82, 2.24) is 10.2 Å². The number of fused-ring (bicyclic) bond motifs is 3. The Bertz CT molecular complexity index is 1030. The first-order valence-electron chi connectivity index (χ1n) is 11.5. The summed E-state index contributed by atoms with van der Waals surface area (Å²) in [5.74, 6) is -1.87. The maximum absolute atomic E-state index is 13.1. The summed E-state index contributed by atoms with van der Waals surface area (Å²) in [5.41, 5.74) is 4.49. The van der Waals surface area contributed by atoms with Crippen molar-refractivity contribution in [2.75, 3.05) is 33.4 Å². The molecule has 1 aliphatic heterocycles. The van der Waals surface area contributed by atoms with Gasteiger partial charge in [0.05, 0.1) is 12.5 Å². The van der Waals surface area contributed by atoms with Gasteiger partial charge < -0.3 is 24.8 Å². The number of carboxylic acids is 1. The molecule has 1 aliphatic carbocycles. The van der Waals surface area contributed by atoms with Crippen LogP contribution in [0.4, 0.5) is 4.79 Å². The Kier molecular flexibility index (Phi) is 7.17. The quantitative estimate of drug-likeness (QED) is 0.650. The predicted octanol–water partition coefficient (Wildman–Crippen LogP) is 3.11. The summed E-state index contributed by atoms with van der Waals surface area (Å²) in [5, 5.41) is 12.0. The summed E-state index contributed by atoms with van der Waals surface area (Å²) >= 11 is 0. The van der Waals surface area contributed by atoms with E-state index in [1.54, 1.807) is 4.90 Å². The molecule has 2 unspecified atom stereocenters. The number of hydrogen-bond acceptors (Lipinski definition) is 5. The van der Waals surface area contributed by atoms with E-state index in [1.165, 1.54) is 7.11 Å². The van der Waals surface area contributed by atoms with E-state index in [0.717, 1.165) is 22.3 Å². The van der Waals surface area contributed by atoms with Crippen molar-refractivity contribution in [2.45, 2.75) is 25.3 Å². The van der Waals surface area contributed by atoms with Gasteiger partial charge in [0.15, 0.2) is 0 Å². The fourth-order valence-corrected chi connectivity index (χ4v) is 5.06. The van der Waals surface area contributed by atoms with Gasteiger partial charge in [-0.05, 0) is 34.6 Å². The third-order valence-corrected chi connectivity index (χ3v) is 6.80. The fraction of sp³-hybridized carbons (Fsp3) is 0.423. The summed E-state index contributed by atoms with van der Waals surface area (Å²) in [4.78, 5) is 38.7. The second-order valence-corrected chi connectivity index (χ2v) is 8.97. The number of alkyl carbamates (subject to hydrolysis) is 1. The number of piperidine rings is 1. The highest BCUT2D eigenvalue weighted by Crippen LogP contribution is 2.44. The molecule has 1 saturated heterocycles. The Balaban J connectivity index is 1.38. The molecule has 0 spiro atoms. The molecule has 2 aromatic carbocycles. The van der Waals surface area contributed by atoms with Crippen LogP contribution < -0.4 is 5.32 Å². The maximum atomic E-state index is 13.1. The van der Waals surface area contributed by atoms with E-state index in [-0.39, 0.29) is 31.0 Å². The highest BCUT2D eigenvalue weighted by molar-refractivity contribution is 5.86. The summed E-state index contributed by atoms with van der Waals surface area (Å²) in [6, 6.07) is 15.2. The highest BCUT2D eigenvalue weighted by atomic mass is 16.5. The number of nitrogens with one attached hydrogen (secondary N) is 1. The van der Waals surface area contributed by atoms with E-state index in [9.17, 15) is 19.5 Å². The summed E-state index contributed by atoms with van der Waals surface area (Å²) in [6.45, 7) is 2.61. The van der Waals surface area contributed by atoms with Gasteiger partial charge in [-0.25, -0.2) is 4.79 Å². The largest absolute Gasteiger partial charge is 0.481 e. The highest BCUT2D eigenvalue weighted by Gasteiger charge is 2.36. The zero-order valence-electron chi connectivity index (χ0n) is 19.4. The van der Waals surface area contributed by atoms with Crippen molar-refractivity contribution in [3.05, 3.63) is 59.7 Å². The molecule has 0 bridgehead atoms. The van der Waals surface area contributed by atoms with Gasteiger partial charge in [-0.2, -0.15) is 0 Å². The lowest BCUT2D eigenvalue weighted by atomic mass is 9.87. The Morgan fingerprint density at radius 3 is 2.26 bits per heavy atom. The summed E-state index contributed by atoms with van der Waals surface area (Å²) < 4.78 is 10.7. The number of aliphatic carboxylic acids is 1. The first-order valence-corrected chi connectivity index (χ1v) is 11.5. The Labute approximate surface area is 198 Å². The van der Waals surface area contributed by atoms with Crippen molar-refractivity contribution in [2.24, 2.45) is 11.8 Å². The number of ether oxygens (including phenoxy) is 2. The van der Waals surface area contributed by atoms with Gasteiger partial charge in [0.2, 0.25) is 5.91 Å². The molecule has 8 nitrogen and oxygen atoms in total. The van der Waals surface area contributed by atoms with E-state index in [2.05, 4.69) is 17.4 Å². The van der Waals surface area contributed by atoms with E-state index in [0.29, 0.717) is 19.5 Å². The fourth-order valence-electron chi connectivity index (χ4n) is 5.06. The molecule has 3 atom stereocenters. The minimum atomic E-state index is -0.908. The van der Waals surface area contributed by atoms with Crippen molar-refractivity contribution < 1.29 is 29.0 Å². The Morgan fingerprint density at radius 1 is 1.09 bits per heavy atom. The Hall–Kier alpha value is -3.39. The normalized spacial score (nSPS) is 20.2. The van der Waals surface area contributed by atoms with Crippen LogP contribution in [0, 0.1) is 11.8 Å². The topological polar surface area (TPSA) is 105 Å². The molecule has 2 N–H and O–H groups in total. The van der Waals surface area contributed by atoms with Crippen molar-refractivity contribution in [3.63, 3.8) is 0 Å². The number of likely N-dealkylation sites (tertiary alicyclic amines) is 1. The van der Waals surface area contributed by atoms with Gasteiger partial charge in [0.25, 0.3) is 0 Å². The molecule has 2 aromatic rings. The number of nitrogens with zero attached hydrogens (tertiary/aromatic N) is 1. The van der Waals surface area contributed by atoms with Crippen LogP contribution >= 0.6 is 0 Å². The van der Waals surface area contributed by atoms with Crippen LogP contribution in [0.3, 0.4) is 0 Å². The van der Waals surface area contributed by atoms with Gasteiger partial charge >= 0.3 is 12.1 Å². The smallest absolute Gasteiger partial charge is 0.407 e. The predicted molar refractivity (Wildman–Crippen MR) is 125 cm³/mol. The summed E-state index contributed by atoms with van der Waals surface area (Å²) in [6.07, 6.45) is -0.307. The molecule has 0 radical (unpaired) electrons. The summed E-state index contributed by atoms with van der Waals surface area (Å²) in [7, 11) is 1.46. The molecule has 2 aliphatic rings. The molecular formula is C26H30N2O6. The lowest BCUT2D eigenvalue weighted by Gasteiger charge is -2.36. The standard InChI is InChI=1S/C26H30N2O6/c1-16-13-28(12-11-17(16)25(30)31)24(29)23(15-33-2)27-26(32)34-14-22-20-9-5-3-7-18(20)19-8-4-6-10-21(19)22/h3-10,16-17,22-23H,11-15H2,1-2H3,(H,27,32)(H,30,31)/t16?,17?,23-/m0/s1. The number of carbonyl (C=O) groups is 3. The molecule has 4 rings (SSSR count). The molecule has 0 saturated carbocycles. The minimum absolute atomic E-state index is 0.00370. The molecule has 0 aromatic heterocycles. The SMILES string of the molecule is COC[C@H](NC(=O)OCC1c2ccccc2-c2ccccc21)C(=O)N1CCC(C(=O)O)C(C)C1. The van der Waals surface area contributed by atoms with E-state index in [1.807, 2.05) is 43.3 Å². The molecule has 180 valence electrons. The average molecular weight is 467 g/mol. The van der Waals surface area contributed by atoms with Crippen LogP contribution in [0.25, 0.3) is 11.1 Å². The van der Waals surface area contributed by atoms with Gasteiger partial charge in [-0.3, -0.25) is 9.59 Å². The number of carboxylic acid groups (broad SMARTS) is 1. The zero-order chi connectivity index (χ0) is 24.2. The van der Waals surface area contributed by atoms with Crippen molar-refractivity contribution in [3.8, 4) is 11.1 Å². The molecule has 8 heteroatoms. The number of carbonyl (C=O) groups excluding carboxylic acids is 2. The van der Waals surface area contributed by atoms with E-state index in [4.69, 9.17) is 9.47 Å². The number of rotatable bonds is 7. The first kappa shape index (κ1) is 23.8. The second kappa shape index (κ2) is 10.3. The van der Waals surface area contributed by atoms with Gasteiger partial charge in [-0.15, -0.1) is 0 Å². The third-order valence-electron chi connectivity index (χ3n) is 6.80. The number of benzene rings is 2. The zero-order valence-corrected chi connectivity index (χ0v) is 19.4. The van der Waals surface area contributed by atoms with Crippen LogP contribution in [0.15, 0.2) is 48.5 Å². The van der Waals surface area contributed by atoms with E-state index >= 15 is 0 Å². The van der Waals surface area contributed by atoms with Crippen LogP contribution in [-0.2, 0) is 19.1 Å². The monoisotopic (exact) mass is 466 g/mol. The maximum Gasteiger partial charge on any atom is 0.407 e. The molecular weight excluding hydrogens is 436 g/mol. The van der Waals surface area contributed by atoms with Gasteiger partial charge in [0, 0.05) is 26.1 Å². The average Bonchev–Trinajstić information content (AvgIpc) is 3.15. The number of methoxy groups -OCH3 is 1. The lowest BCUT2D eigenvalue weighted by molar-refractivity contribution is -0.149.